The number of aromatic nitrogens is 3. The molecule has 2 aromatic heterocycles. The molecule has 0 unspecified atom stereocenters. The van der Waals surface area contributed by atoms with Crippen molar-refractivity contribution in [1.29, 1.82) is 0 Å². The summed E-state index contributed by atoms with van der Waals surface area (Å²) in [5, 5.41) is 8.46. The minimum Gasteiger partial charge on any atom is -0.268 e. The molecule has 0 atom stereocenters. The van der Waals surface area contributed by atoms with Crippen molar-refractivity contribution in [3.63, 3.8) is 0 Å². The highest BCUT2D eigenvalue weighted by Crippen LogP contribution is 2.16. The standard InChI is InChI=1S/C20H24N6O2S/c1-3-26(4-2)29(27,28)19-10-11-20(21-14-19)24-22-12-18-13-23-25(16-18)15-17-8-6-5-7-9-17/h5-14,16H,3-4,15H2,1-2H3,(H,21,24)/b22-12-. The molecule has 0 saturated heterocycles. The summed E-state index contributed by atoms with van der Waals surface area (Å²) in [5.74, 6) is 0.455. The molecule has 0 radical (unpaired) electrons. The van der Waals surface area contributed by atoms with Gasteiger partial charge in [-0.05, 0) is 17.7 Å². The molecule has 0 saturated carbocycles. The van der Waals surface area contributed by atoms with E-state index in [0.29, 0.717) is 25.5 Å². The van der Waals surface area contributed by atoms with E-state index >= 15 is 0 Å². The van der Waals surface area contributed by atoms with Crippen LogP contribution in [0.4, 0.5) is 5.82 Å². The molecule has 0 bridgehead atoms. The maximum absolute atomic E-state index is 12.5. The Kier molecular flexibility index (Phi) is 6.73. The third-order valence-electron chi connectivity index (χ3n) is 4.31. The van der Waals surface area contributed by atoms with Gasteiger partial charge in [0.05, 0.1) is 19.0 Å². The highest BCUT2D eigenvalue weighted by molar-refractivity contribution is 7.89. The van der Waals surface area contributed by atoms with Gasteiger partial charge in [0, 0.05) is 31.0 Å². The summed E-state index contributed by atoms with van der Waals surface area (Å²) in [6.45, 7) is 5.14. The number of hydrogen-bond donors (Lipinski definition) is 1. The number of benzene rings is 1. The molecule has 0 aliphatic heterocycles. The third kappa shape index (κ3) is 5.27. The Morgan fingerprint density at radius 2 is 1.86 bits per heavy atom. The molecule has 0 amide bonds. The van der Waals surface area contributed by atoms with Gasteiger partial charge < -0.3 is 0 Å². The summed E-state index contributed by atoms with van der Waals surface area (Å²) < 4.78 is 28.2. The second kappa shape index (κ2) is 9.44. The summed E-state index contributed by atoms with van der Waals surface area (Å²) in [6.07, 6.45) is 6.59. The molecular weight excluding hydrogens is 388 g/mol. The fraction of sp³-hybridized carbons (Fsp3) is 0.250. The summed E-state index contributed by atoms with van der Waals surface area (Å²) in [7, 11) is -3.51. The van der Waals surface area contributed by atoms with Crippen LogP contribution in [0.15, 0.2) is 71.1 Å². The first-order valence-corrected chi connectivity index (χ1v) is 10.8. The Bertz CT molecular complexity index is 1040. The topological polar surface area (TPSA) is 92.5 Å². The van der Waals surface area contributed by atoms with E-state index in [0.717, 1.165) is 5.56 Å². The second-order valence-electron chi connectivity index (χ2n) is 6.30. The zero-order chi connectivity index (χ0) is 20.7. The molecular formula is C20H24N6O2S. The Morgan fingerprint density at radius 3 is 2.52 bits per heavy atom. The first kappa shape index (κ1) is 20.7. The Morgan fingerprint density at radius 1 is 1.10 bits per heavy atom. The second-order valence-corrected chi connectivity index (χ2v) is 8.23. The van der Waals surface area contributed by atoms with E-state index in [1.807, 2.05) is 41.2 Å². The number of nitrogens with one attached hydrogen (secondary N) is 1. The summed E-state index contributed by atoms with van der Waals surface area (Å²) in [4.78, 5) is 4.30. The number of hydrazone groups is 1. The number of rotatable bonds is 9. The lowest BCUT2D eigenvalue weighted by Gasteiger charge is -2.18. The monoisotopic (exact) mass is 412 g/mol. The molecule has 1 N–H and O–H groups in total. The maximum atomic E-state index is 12.5. The van der Waals surface area contributed by atoms with Crippen LogP contribution in [0, 0.1) is 0 Å². The molecule has 0 fully saturated rings. The molecule has 1 aromatic carbocycles. The highest BCUT2D eigenvalue weighted by Gasteiger charge is 2.21. The number of hydrogen-bond acceptors (Lipinski definition) is 6. The van der Waals surface area contributed by atoms with E-state index in [4.69, 9.17) is 0 Å². The molecule has 2 heterocycles. The van der Waals surface area contributed by atoms with E-state index in [9.17, 15) is 8.42 Å². The van der Waals surface area contributed by atoms with Gasteiger partial charge in [-0.15, -0.1) is 0 Å². The molecule has 152 valence electrons. The van der Waals surface area contributed by atoms with Crippen LogP contribution in [-0.4, -0.2) is 46.8 Å². The van der Waals surface area contributed by atoms with Gasteiger partial charge in [0.25, 0.3) is 0 Å². The predicted octanol–water partition coefficient (Wildman–Crippen LogP) is 2.80. The van der Waals surface area contributed by atoms with E-state index in [-0.39, 0.29) is 4.90 Å². The van der Waals surface area contributed by atoms with Crippen LogP contribution in [0.5, 0.6) is 0 Å². The molecule has 0 aliphatic carbocycles. The summed E-state index contributed by atoms with van der Waals surface area (Å²) in [5.41, 5.74) is 4.81. The predicted molar refractivity (Wildman–Crippen MR) is 113 cm³/mol. The zero-order valence-electron chi connectivity index (χ0n) is 16.4. The minimum atomic E-state index is -3.51. The lowest BCUT2D eigenvalue weighted by Crippen LogP contribution is -2.30. The first-order valence-electron chi connectivity index (χ1n) is 9.34. The van der Waals surface area contributed by atoms with Gasteiger partial charge in [-0.1, -0.05) is 44.2 Å². The van der Waals surface area contributed by atoms with Gasteiger partial charge in [0.2, 0.25) is 10.0 Å². The number of nitrogens with zero attached hydrogens (tertiary/aromatic N) is 5. The minimum absolute atomic E-state index is 0.165. The molecule has 29 heavy (non-hydrogen) atoms. The smallest absolute Gasteiger partial charge is 0.244 e. The van der Waals surface area contributed by atoms with Gasteiger partial charge in [-0.3, -0.25) is 10.1 Å². The van der Waals surface area contributed by atoms with Crippen molar-refractivity contribution in [2.75, 3.05) is 18.5 Å². The quantitative estimate of drug-likeness (QED) is 0.431. The SMILES string of the molecule is CCN(CC)S(=O)(=O)c1ccc(N/N=C\c2cnn(Cc3ccccc3)c2)nc1. The Balaban J connectivity index is 1.60. The van der Waals surface area contributed by atoms with Crippen molar-refractivity contribution in [3.8, 4) is 0 Å². The van der Waals surface area contributed by atoms with E-state index in [2.05, 4.69) is 20.6 Å². The van der Waals surface area contributed by atoms with E-state index in [1.54, 1.807) is 32.3 Å². The molecule has 3 rings (SSSR count). The first-order chi connectivity index (χ1) is 14.0. The van der Waals surface area contributed by atoms with Crippen molar-refractivity contribution in [2.24, 2.45) is 5.10 Å². The average molecular weight is 413 g/mol. The lowest BCUT2D eigenvalue weighted by molar-refractivity contribution is 0.445. The number of sulfonamides is 1. The summed E-state index contributed by atoms with van der Waals surface area (Å²) in [6, 6.07) is 13.2. The van der Waals surface area contributed by atoms with Crippen LogP contribution < -0.4 is 5.43 Å². The van der Waals surface area contributed by atoms with Crippen LogP contribution in [0.25, 0.3) is 0 Å². The summed E-state index contributed by atoms with van der Waals surface area (Å²) >= 11 is 0. The number of pyridine rings is 1. The van der Waals surface area contributed by atoms with Crippen molar-refractivity contribution < 1.29 is 8.42 Å². The normalized spacial score (nSPS) is 12.0. The van der Waals surface area contributed by atoms with Crippen LogP contribution in [0.3, 0.4) is 0 Å². The number of anilines is 1. The fourth-order valence-electron chi connectivity index (χ4n) is 2.79. The largest absolute Gasteiger partial charge is 0.268 e. The molecule has 3 aromatic rings. The molecule has 0 aliphatic rings. The van der Waals surface area contributed by atoms with Crippen molar-refractivity contribution >= 4 is 22.1 Å². The molecule has 9 heteroatoms. The van der Waals surface area contributed by atoms with Crippen LogP contribution in [0.2, 0.25) is 0 Å². The maximum Gasteiger partial charge on any atom is 0.244 e. The Labute approximate surface area is 170 Å². The van der Waals surface area contributed by atoms with E-state index in [1.165, 1.54) is 22.1 Å². The van der Waals surface area contributed by atoms with Crippen LogP contribution in [-0.2, 0) is 16.6 Å². The molecule has 8 nitrogen and oxygen atoms in total. The van der Waals surface area contributed by atoms with Crippen LogP contribution in [0.1, 0.15) is 25.0 Å². The van der Waals surface area contributed by atoms with Crippen molar-refractivity contribution in [3.05, 3.63) is 72.2 Å². The Hall–Kier alpha value is -3.04. The molecule has 0 spiro atoms. The van der Waals surface area contributed by atoms with Crippen molar-refractivity contribution in [1.82, 2.24) is 19.1 Å². The van der Waals surface area contributed by atoms with Gasteiger partial charge in [-0.25, -0.2) is 13.4 Å². The van der Waals surface area contributed by atoms with Gasteiger partial charge in [-0.2, -0.15) is 14.5 Å². The van der Waals surface area contributed by atoms with Gasteiger partial charge >= 0.3 is 0 Å². The van der Waals surface area contributed by atoms with Gasteiger partial charge in [0.1, 0.15) is 10.7 Å². The zero-order valence-corrected chi connectivity index (χ0v) is 17.2. The van der Waals surface area contributed by atoms with Crippen LogP contribution >= 0.6 is 0 Å². The highest BCUT2D eigenvalue weighted by atomic mass is 32.2. The third-order valence-corrected chi connectivity index (χ3v) is 6.35. The lowest BCUT2D eigenvalue weighted by atomic mass is 10.2. The average Bonchev–Trinajstić information content (AvgIpc) is 3.17. The van der Waals surface area contributed by atoms with Gasteiger partial charge in [0.15, 0.2) is 0 Å². The van der Waals surface area contributed by atoms with E-state index < -0.39 is 10.0 Å². The fourth-order valence-corrected chi connectivity index (χ4v) is 4.19. The van der Waals surface area contributed by atoms with Crippen molar-refractivity contribution in [2.45, 2.75) is 25.3 Å².